The van der Waals surface area contributed by atoms with Crippen molar-refractivity contribution in [3.05, 3.63) is 0 Å². The van der Waals surface area contributed by atoms with E-state index in [0.717, 1.165) is 26.1 Å². The largest absolute Gasteiger partial charge is 0.379 e. The molecule has 0 radical (unpaired) electrons. The molecule has 57 heavy (non-hydrogen) atoms. The second-order valence-corrected chi connectivity index (χ2v) is 14.8. The van der Waals surface area contributed by atoms with E-state index in [4.69, 9.17) is 52.1 Å². The molecule has 0 aromatic carbocycles. The first-order valence-electron chi connectivity index (χ1n) is 23.8. The van der Waals surface area contributed by atoms with Crippen LogP contribution >= 0.6 is 0 Å². The number of unbranched alkanes of at least 4 members (excludes halogenated alkanes) is 20. The number of hydrogen-bond acceptors (Lipinski definition) is 11. The van der Waals surface area contributed by atoms with E-state index in [-0.39, 0.29) is 0 Å². The first-order valence-corrected chi connectivity index (χ1v) is 23.8. The van der Waals surface area contributed by atoms with Gasteiger partial charge in [-0.15, -0.1) is 0 Å². The Hall–Kier alpha value is -0.440. The van der Waals surface area contributed by atoms with Gasteiger partial charge in [0.05, 0.1) is 132 Å². The van der Waals surface area contributed by atoms with Crippen molar-refractivity contribution < 1.29 is 52.1 Å². The maximum atomic E-state index is 5.67. The summed E-state index contributed by atoms with van der Waals surface area (Å²) in [5, 5.41) is 0. The van der Waals surface area contributed by atoms with Gasteiger partial charge >= 0.3 is 0 Å². The highest BCUT2D eigenvalue weighted by Crippen LogP contribution is 2.12. The molecular weight excluding hydrogens is 728 g/mol. The van der Waals surface area contributed by atoms with Crippen LogP contribution in [0.15, 0.2) is 0 Å². The lowest BCUT2D eigenvalue weighted by atomic mass is 10.1. The quantitative estimate of drug-likeness (QED) is 0.0548. The van der Waals surface area contributed by atoms with Gasteiger partial charge in [0.1, 0.15) is 0 Å². The van der Waals surface area contributed by atoms with Crippen molar-refractivity contribution in [2.45, 2.75) is 155 Å². The van der Waals surface area contributed by atoms with Gasteiger partial charge in [-0.1, -0.05) is 142 Å². The Morgan fingerprint density at radius 1 is 0.140 bits per heavy atom. The van der Waals surface area contributed by atoms with Crippen molar-refractivity contribution in [1.82, 2.24) is 0 Å². The van der Waals surface area contributed by atoms with Crippen molar-refractivity contribution in [3.8, 4) is 0 Å². The molecule has 0 aromatic rings. The molecule has 11 nitrogen and oxygen atoms in total. The summed E-state index contributed by atoms with van der Waals surface area (Å²) in [6.45, 7) is 17.5. The van der Waals surface area contributed by atoms with Gasteiger partial charge in [0.25, 0.3) is 0 Å². The van der Waals surface area contributed by atoms with Gasteiger partial charge in [-0.3, -0.25) is 0 Å². The molecule has 0 aliphatic carbocycles. The SMILES string of the molecule is CCCCCCCCCCCCCOCCOCCOCCOCCOCCOCCOCCOCCOCCOCCOCCCCCCCCCCCCC. The Morgan fingerprint density at radius 3 is 0.421 bits per heavy atom. The molecule has 0 fully saturated rings. The number of rotatable bonds is 54. The van der Waals surface area contributed by atoms with Gasteiger partial charge < -0.3 is 52.1 Å². The Balaban J connectivity index is 3.05. The molecule has 0 bridgehead atoms. The molecule has 11 heteroatoms. The highest BCUT2D eigenvalue weighted by Gasteiger charge is 1.98. The van der Waals surface area contributed by atoms with E-state index >= 15 is 0 Å². The fourth-order valence-electron chi connectivity index (χ4n) is 6.04. The Kier molecular flexibility index (Phi) is 55.1. The molecule has 0 aliphatic heterocycles. The molecule has 0 unspecified atom stereocenters. The summed E-state index contributed by atoms with van der Waals surface area (Å²) >= 11 is 0. The molecule has 0 atom stereocenters. The van der Waals surface area contributed by atoms with E-state index in [2.05, 4.69) is 13.8 Å². The van der Waals surface area contributed by atoms with Crippen molar-refractivity contribution in [3.63, 3.8) is 0 Å². The van der Waals surface area contributed by atoms with Crippen LogP contribution in [0.25, 0.3) is 0 Å². The molecule has 0 spiro atoms. The lowest BCUT2D eigenvalue weighted by Crippen LogP contribution is -2.15. The summed E-state index contributed by atoms with van der Waals surface area (Å²) in [7, 11) is 0. The van der Waals surface area contributed by atoms with Crippen LogP contribution in [0.1, 0.15) is 155 Å². The van der Waals surface area contributed by atoms with Crippen LogP contribution in [0.4, 0.5) is 0 Å². The molecular formula is C46H94O11. The van der Waals surface area contributed by atoms with Gasteiger partial charge in [-0.05, 0) is 12.8 Å². The van der Waals surface area contributed by atoms with Crippen LogP contribution in [0.2, 0.25) is 0 Å². The average molecular weight is 823 g/mol. The minimum absolute atomic E-state index is 0.529. The zero-order valence-electron chi connectivity index (χ0n) is 37.6. The minimum Gasteiger partial charge on any atom is -0.379 e. The van der Waals surface area contributed by atoms with E-state index < -0.39 is 0 Å². The molecule has 0 rings (SSSR count). The van der Waals surface area contributed by atoms with Crippen LogP contribution in [-0.2, 0) is 52.1 Å². The molecule has 0 aromatic heterocycles. The zero-order chi connectivity index (χ0) is 40.9. The summed E-state index contributed by atoms with van der Waals surface area (Å²) in [6, 6.07) is 0. The standard InChI is InChI=1S/C46H94O11/c1-3-5-7-9-11-13-15-17-19-21-23-25-47-27-29-49-31-33-51-35-37-53-39-41-55-43-45-57-46-44-56-42-40-54-38-36-52-34-32-50-30-28-48-26-24-22-20-18-16-14-12-10-8-6-4-2/h3-46H2,1-2H3. The maximum Gasteiger partial charge on any atom is 0.0701 e. The zero-order valence-corrected chi connectivity index (χ0v) is 37.6. The second kappa shape index (κ2) is 55.6. The van der Waals surface area contributed by atoms with E-state index in [1.165, 1.54) is 128 Å². The van der Waals surface area contributed by atoms with Gasteiger partial charge in [0.15, 0.2) is 0 Å². The predicted octanol–water partition coefficient (Wildman–Crippen LogP) is 9.79. The second-order valence-electron chi connectivity index (χ2n) is 14.8. The topological polar surface area (TPSA) is 102 Å². The van der Waals surface area contributed by atoms with Crippen LogP contribution in [0.5, 0.6) is 0 Å². The normalized spacial score (nSPS) is 11.7. The Morgan fingerprint density at radius 2 is 0.263 bits per heavy atom. The van der Waals surface area contributed by atoms with Crippen LogP contribution in [0.3, 0.4) is 0 Å². The number of ether oxygens (including phenoxy) is 11. The molecule has 0 amide bonds. The van der Waals surface area contributed by atoms with Crippen molar-refractivity contribution in [2.75, 3.05) is 145 Å². The van der Waals surface area contributed by atoms with Crippen molar-refractivity contribution in [1.29, 1.82) is 0 Å². The van der Waals surface area contributed by atoms with E-state index in [1.807, 2.05) is 0 Å². The summed E-state index contributed by atoms with van der Waals surface area (Å²) < 4.78 is 61.2. The van der Waals surface area contributed by atoms with E-state index in [1.54, 1.807) is 0 Å². The summed E-state index contributed by atoms with van der Waals surface area (Å²) in [6.07, 6.45) is 29.8. The average Bonchev–Trinajstić information content (AvgIpc) is 3.22. The smallest absolute Gasteiger partial charge is 0.0701 e. The van der Waals surface area contributed by atoms with Gasteiger partial charge in [0, 0.05) is 13.2 Å². The monoisotopic (exact) mass is 823 g/mol. The highest BCUT2D eigenvalue weighted by molar-refractivity contribution is 4.50. The van der Waals surface area contributed by atoms with Gasteiger partial charge in [-0.25, -0.2) is 0 Å². The van der Waals surface area contributed by atoms with Crippen molar-refractivity contribution >= 4 is 0 Å². The van der Waals surface area contributed by atoms with Gasteiger partial charge in [0.2, 0.25) is 0 Å². The Labute approximate surface area is 351 Å². The summed E-state index contributed by atoms with van der Waals surface area (Å²) in [5.74, 6) is 0. The van der Waals surface area contributed by atoms with E-state index in [9.17, 15) is 0 Å². The first-order chi connectivity index (χ1) is 28.4. The number of hydrogen-bond donors (Lipinski definition) is 0. The van der Waals surface area contributed by atoms with Crippen LogP contribution < -0.4 is 0 Å². The fraction of sp³-hybridized carbons (Fsp3) is 1.00. The Bertz CT molecular complexity index is 622. The first kappa shape index (κ1) is 56.6. The van der Waals surface area contributed by atoms with Gasteiger partial charge in [-0.2, -0.15) is 0 Å². The molecule has 0 heterocycles. The minimum atomic E-state index is 0.529. The molecule has 0 saturated heterocycles. The highest BCUT2D eigenvalue weighted by atomic mass is 16.6. The molecule has 0 saturated carbocycles. The molecule has 0 aliphatic rings. The lowest BCUT2D eigenvalue weighted by Gasteiger charge is -2.09. The van der Waals surface area contributed by atoms with E-state index in [0.29, 0.717) is 132 Å². The predicted molar refractivity (Wildman–Crippen MR) is 232 cm³/mol. The molecule has 0 N–H and O–H groups in total. The summed E-state index contributed by atoms with van der Waals surface area (Å²) in [4.78, 5) is 0. The third kappa shape index (κ3) is 55.6. The van der Waals surface area contributed by atoms with Crippen molar-refractivity contribution in [2.24, 2.45) is 0 Å². The maximum absolute atomic E-state index is 5.67. The van der Waals surface area contributed by atoms with Crippen LogP contribution in [-0.4, -0.2) is 145 Å². The lowest BCUT2D eigenvalue weighted by molar-refractivity contribution is -0.0275. The molecule has 344 valence electrons. The van der Waals surface area contributed by atoms with Crippen LogP contribution in [0, 0.1) is 0 Å². The summed E-state index contributed by atoms with van der Waals surface area (Å²) in [5.41, 5.74) is 0. The third-order valence-electron chi connectivity index (χ3n) is 9.50. The third-order valence-corrected chi connectivity index (χ3v) is 9.50. The fourth-order valence-corrected chi connectivity index (χ4v) is 6.04.